The Balaban J connectivity index is 1.65. The molecular weight excluding hydrogens is 365 g/mol. The number of nitrogens with one attached hydrogen (secondary N) is 1. The van der Waals surface area contributed by atoms with Crippen LogP contribution in [-0.4, -0.2) is 24.3 Å². The van der Waals surface area contributed by atoms with Crippen molar-refractivity contribution in [2.45, 2.75) is 18.8 Å². The number of hydrogen-bond acceptors (Lipinski definition) is 3. The topological polar surface area (TPSA) is 38.3 Å². The number of amides is 1. The number of carbonyl (C=O) groups is 1. The van der Waals surface area contributed by atoms with Crippen molar-refractivity contribution in [1.29, 1.82) is 0 Å². The van der Waals surface area contributed by atoms with Crippen LogP contribution in [0.2, 0.25) is 10.0 Å². The minimum atomic E-state index is -0.568. The molecule has 2 rings (SSSR count). The van der Waals surface area contributed by atoms with E-state index in [1.165, 1.54) is 5.56 Å². The van der Waals surface area contributed by atoms with E-state index in [0.29, 0.717) is 17.3 Å². The maximum atomic E-state index is 12.0. The van der Waals surface area contributed by atoms with E-state index in [0.717, 1.165) is 16.5 Å². The summed E-state index contributed by atoms with van der Waals surface area (Å²) >= 11 is 13.6. The molecule has 0 aliphatic rings. The molecule has 0 unspecified atom stereocenters. The fourth-order valence-corrected chi connectivity index (χ4v) is 3.20. The number of rotatable bonds is 8. The minimum absolute atomic E-state index is 0.140. The molecule has 0 heterocycles. The van der Waals surface area contributed by atoms with Crippen molar-refractivity contribution in [3.63, 3.8) is 0 Å². The molecule has 2 aromatic rings. The predicted molar refractivity (Wildman–Crippen MR) is 102 cm³/mol. The highest BCUT2D eigenvalue weighted by atomic mass is 35.5. The molecule has 0 aliphatic carbocycles. The van der Waals surface area contributed by atoms with E-state index in [1.807, 2.05) is 24.3 Å². The van der Waals surface area contributed by atoms with E-state index in [2.05, 4.69) is 5.32 Å². The fraction of sp³-hybridized carbons (Fsp3) is 0.278. The Morgan fingerprint density at radius 1 is 1.17 bits per heavy atom. The third kappa shape index (κ3) is 6.63. The number of ether oxygens (including phenoxy) is 1. The molecule has 1 N–H and O–H groups in total. The first-order chi connectivity index (χ1) is 11.5. The molecule has 0 spiro atoms. The first kappa shape index (κ1) is 19.0. The molecule has 2 aromatic carbocycles. The van der Waals surface area contributed by atoms with E-state index in [9.17, 15) is 4.79 Å². The molecular formula is C18H19Cl2NO2S. The van der Waals surface area contributed by atoms with Crippen molar-refractivity contribution in [3.05, 3.63) is 64.1 Å². The SMILES string of the molecule is C[C@H](Oc1cccc(Cl)c1)C(=O)NCCSCc1cccc(Cl)c1. The van der Waals surface area contributed by atoms with Gasteiger partial charge >= 0.3 is 0 Å². The van der Waals surface area contributed by atoms with Gasteiger partial charge < -0.3 is 10.1 Å². The Labute approximate surface area is 156 Å². The van der Waals surface area contributed by atoms with Crippen molar-refractivity contribution < 1.29 is 9.53 Å². The van der Waals surface area contributed by atoms with Gasteiger partial charge in [0.05, 0.1) is 0 Å². The van der Waals surface area contributed by atoms with Gasteiger partial charge in [-0.1, -0.05) is 41.4 Å². The van der Waals surface area contributed by atoms with E-state index < -0.39 is 6.10 Å². The lowest BCUT2D eigenvalue weighted by atomic mass is 10.2. The molecule has 1 atom stereocenters. The van der Waals surface area contributed by atoms with Crippen LogP contribution in [0.25, 0.3) is 0 Å². The molecule has 0 saturated heterocycles. The van der Waals surface area contributed by atoms with Crippen LogP contribution in [0, 0.1) is 0 Å². The van der Waals surface area contributed by atoms with Crippen molar-refractivity contribution in [1.82, 2.24) is 5.32 Å². The summed E-state index contributed by atoms with van der Waals surface area (Å²) in [5.41, 5.74) is 1.18. The molecule has 0 aromatic heterocycles. The summed E-state index contributed by atoms with van der Waals surface area (Å²) in [6.45, 7) is 2.31. The van der Waals surface area contributed by atoms with Crippen molar-refractivity contribution in [3.8, 4) is 5.75 Å². The second-order valence-corrected chi connectivity index (χ2v) is 7.17. The van der Waals surface area contributed by atoms with Crippen LogP contribution in [-0.2, 0) is 10.5 Å². The summed E-state index contributed by atoms with van der Waals surface area (Å²) in [5, 5.41) is 4.20. The lowest BCUT2D eigenvalue weighted by Crippen LogP contribution is -2.37. The molecule has 0 saturated carbocycles. The molecule has 1 amide bonds. The summed E-state index contributed by atoms with van der Waals surface area (Å²) in [6, 6.07) is 14.8. The van der Waals surface area contributed by atoms with Crippen LogP contribution < -0.4 is 10.1 Å². The summed E-state index contributed by atoms with van der Waals surface area (Å²) in [6.07, 6.45) is -0.568. The van der Waals surface area contributed by atoms with Gasteiger partial charge in [-0.05, 0) is 42.8 Å². The molecule has 0 fully saturated rings. The highest BCUT2D eigenvalue weighted by molar-refractivity contribution is 7.98. The highest BCUT2D eigenvalue weighted by Crippen LogP contribution is 2.18. The molecule has 0 radical (unpaired) electrons. The Kier molecular flexibility index (Phi) is 7.76. The van der Waals surface area contributed by atoms with Crippen LogP contribution in [0.3, 0.4) is 0 Å². The first-order valence-corrected chi connectivity index (χ1v) is 9.48. The summed E-state index contributed by atoms with van der Waals surface area (Å²) in [7, 11) is 0. The normalized spacial score (nSPS) is 11.8. The van der Waals surface area contributed by atoms with E-state index in [-0.39, 0.29) is 5.91 Å². The van der Waals surface area contributed by atoms with Crippen molar-refractivity contribution in [2.24, 2.45) is 0 Å². The predicted octanol–water partition coefficient (Wildman–Crippen LogP) is 4.81. The van der Waals surface area contributed by atoms with Gasteiger partial charge in [0.2, 0.25) is 0 Å². The lowest BCUT2D eigenvalue weighted by molar-refractivity contribution is -0.127. The summed E-state index contributed by atoms with van der Waals surface area (Å²) in [4.78, 5) is 12.0. The lowest BCUT2D eigenvalue weighted by Gasteiger charge is -2.14. The van der Waals surface area contributed by atoms with Gasteiger partial charge in [0.15, 0.2) is 6.10 Å². The average Bonchev–Trinajstić information content (AvgIpc) is 2.54. The third-order valence-electron chi connectivity index (χ3n) is 3.18. The summed E-state index contributed by atoms with van der Waals surface area (Å²) in [5.74, 6) is 2.13. The van der Waals surface area contributed by atoms with Crippen LogP contribution >= 0.6 is 35.0 Å². The van der Waals surface area contributed by atoms with Crippen molar-refractivity contribution >= 4 is 40.9 Å². The molecule has 6 heteroatoms. The smallest absolute Gasteiger partial charge is 0.260 e. The highest BCUT2D eigenvalue weighted by Gasteiger charge is 2.14. The number of carbonyl (C=O) groups excluding carboxylic acids is 1. The van der Waals surface area contributed by atoms with Gasteiger partial charge in [-0.25, -0.2) is 0 Å². The number of hydrogen-bond donors (Lipinski definition) is 1. The van der Waals surface area contributed by atoms with Gasteiger partial charge in [0, 0.05) is 28.1 Å². The Bertz CT molecular complexity index is 682. The largest absolute Gasteiger partial charge is 0.481 e. The standard InChI is InChI=1S/C18H19Cl2NO2S/c1-13(23-17-7-3-6-16(20)11-17)18(22)21-8-9-24-12-14-4-2-5-15(19)10-14/h2-7,10-11,13H,8-9,12H2,1H3,(H,21,22)/t13-/m0/s1. The zero-order valence-corrected chi connectivity index (χ0v) is 15.6. The van der Waals surface area contributed by atoms with Gasteiger partial charge in [0.25, 0.3) is 5.91 Å². The van der Waals surface area contributed by atoms with Crippen molar-refractivity contribution in [2.75, 3.05) is 12.3 Å². The van der Waals surface area contributed by atoms with Gasteiger partial charge in [-0.15, -0.1) is 0 Å². The molecule has 0 bridgehead atoms. The Morgan fingerprint density at radius 2 is 1.88 bits per heavy atom. The molecule has 24 heavy (non-hydrogen) atoms. The maximum Gasteiger partial charge on any atom is 0.260 e. The van der Waals surface area contributed by atoms with E-state index in [1.54, 1.807) is 43.0 Å². The Morgan fingerprint density at radius 3 is 2.58 bits per heavy atom. The minimum Gasteiger partial charge on any atom is -0.481 e. The number of benzene rings is 2. The second kappa shape index (κ2) is 9.82. The molecule has 128 valence electrons. The fourth-order valence-electron chi connectivity index (χ4n) is 2.00. The Hall–Kier alpha value is -1.36. The maximum absolute atomic E-state index is 12.0. The quantitative estimate of drug-likeness (QED) is 0.664. The van der Waals surface area contributed by atoms with Gasteiger partial charge in [0.1, 0.15) is 5.75 Å². The van der Waals surface area contributed by atoms with E-state index in [4.69, 9.17) is 27.9 Å². The van der Waals surface area contributed by atoms with Gasteiger partial charge in [-0.2, -0.15) is 11.8 Å². The number of halogens is 2. The van der Waals surface area contributed by atoms with Gasteiger partial charge in [-0.3, -0.25) is 4.79 Å². The average molecular weight is 384 g/mol. The zero-order chi connectivity index (χ0) is 17.4. The number of thioether (sulfide) groups is 1. The first-order valence-electron chi connectivity index (χ1n) is 7.57. The van der Waals surface area contributed by atoms with Crippen LogP contribution in [0.4, 0.5) is 0 Å². The van der Waals surface area contributed by atoms with E-state index >= 15 is 0 Å². The molecule has 0 aliphatic heterocycles. The molecule has 3 nitrogen and oxygen atoms in total. The summed E-state index contributed by atoms with van der Waals surface area (Å²) < 4.78 is 5.58. The third-order valence-corrected chi connectivity index (χ3v) is 4.68. The zero-order valence-electron chi connectivity index (χ0n) is 13.3. The van der Waals surface area contributed by atoms with Crippen LogP contribution in [0.15, 0.2) is 48.5 Å². The van der Waals surface area contributed by atoms with Crippen LogP contribution in [0.1, 0.15) is 12.5 Å². The second-order valence-electron chi connectivity index (χ2n) is 5.19. The van der Waals surface area contributed by atoms with Crippen LogP contribution in [0.5, 0.6) is 5.75 Å². The monoisotopic (exact) mass is 383 g/mol.